The maximum atomic E-state index is 5.85. The van der Waals surface area contributed by atoms with Crippen molar-refractivity contribution in [1.29, 1.82) is 0 Å². The third-order valence-corrected chi connectivity index (χ3v) is 0.741. The van der Waals surface area contributed by atoms with E-state index < -0.39 is 0 Å². The molecule has 0 saturated heterocycles. The molecule has 0 aliphatic rings. The predicted octanol–water partition coefficient (Wildman–Crippen LogP) is 2.97. The van der Waals surface area contributed by atoms with Gasteiger partial charge in [0.25, 0.3) is 0 Å². The van der Waals surface area contributed by atoms with E-state index in [1.165, 1.54) is 5.57 Å². The molecule has 0 N–H and O–H groups in total. The summed E-state index contributed by atoms with van der Waals surface area (Å²) in [5, 5.41) is 0. The third-order valence-electron chi connectivity index (χ3n) is 0.632. The van der Waals surface area contributed by atoms with E-state index in [2.05, 4.69) is 0 Å². The Morgan fingerprint density at radius 3 is 1.75 bits per heavy atom. The van der Waals surface area contributed by atoms with Crippen molar-refractivity contribution >= 4 is 11.6 Å². The van der Waals surface area contributed by atoms with Crippen molar-refractivity contribution in [3.05, 3.63) is 11.6 Å². The van der Waals surface area contributed by atoms with Crippen LogP contribution in [-0.2, 0) is 0 Å². The van der Waals surface area contributed by atoms with Crippen LogP contribution in [0.2, 0.25) is 0 Å². The molecule has 0 atom stereocenters. The van der Waals surface area contributed by atoms with Gasteiger partial charge in [0.1, 0.15) is 0 Å². The van der Waals surface area contributed by atoms with E-state index in [1.807, 2.05) is 33.8 Å². The molecule has 0 saturated carbocycles. The molecule has 48 valence electrons. The highest BCUT2D eigenvalue weighted by Gasteiger charge is 2.06. The van der Waals surface area contributed by atoms with Crippen LogP contribution in [0.5, 0.6) is 0 Å². The van der Waals surface area contributed by atoms with Gasteiger partial charge in [-0.3, -0.25) is 0 Å². The zero-order chi connectivity index (χ0) is 6.78. The van der Waals surface area contributed by atoms with Gasteiger partial charge in [-0.25, -0.2) is 0 Å². The molecule has 8 heavy (non-hydrogen) atoms. The first-order valence-electron chi connectivity index (χ1n) is 2.77. The Labute approximate surface area is 56.5 Å². The number of hydrogen-bond acceptors (Lipinski definition) is 0. The van der Waals surface area contributed by atoms with Gasteiger partial charge >= 0.3 is 0 Å². The van der Waals surface area contributed by atoms with Gasteiger partial charge in [-0.05, 0) is 27.7 Å². The van der Waals surface area contributed by atoms with Crippen molar-refractivity contribution in [2.75, 3.05) is 0 Å². The summed E-state index contributed by atoms with van der Waals surface area (Å²) >= 11 is 5.85. The van der Waals surface area contributed by atoms with Crippen molar-refractivity contribution in [3.8, 4) is 0 Å². The van der Waals surface area contributed by atoms with Crippen LogP contribution in [0, 0.1) is 0 Å². The molecule has 0 aromatic carbocycles. The molecule has 0 spiro atoms. The summed E-state index contributed by atoms with van der Waals surface area (Å²) < 4.78 is 0. The standard InChI is InChI=1S/C7H13Cl/c1-6(2)5-7(3,4)8/h5H,1-4H3. The van der Waals surface area contributed by atoms with Crippen LogP contribution in [0.1, 0.15) is 27.7 Å². The number of rotatable bonds is 1. The minimum Gasteiger partial charge on any atom is -0.115 e. The Morgan fingerprint density at radius 2 is 1.75 bits per heavy atom. The molecule has 0 aliphatic carbocycles. The first-order chi connectivity index (χ1) is 3.42. The summed E-state index contributed by atoms with van der Waals surface area (Å²) in [6.45, 7) is 8.04. The predicted molar refractivity (Wildman–Crippen MR) is 39.4 cm³/mol. The van der Waals surface area contributed by atoms with Crippen molar-refractivity contribution in [3.63, 3.8) is 0 Å². The van der Waals surface area contributed by atoms with Crippen LogP contribution in [-0.4, -0.2) is 4.87 Å². The van der Waals surface area contributed by atoms with Crippen molar-refractivity contribution in [2.24, 2.45) is 0 Å². The fraction of sp³-hybridized carbons (Fsp3) is 0.714. The minimum absolute atomic E-state index is 0.168. The molecule has 0 aliphatic heterocycles. The first kappa shape index (κ1) is 8.03. The summed E-state index contributed by atoms with van der Waals surface area (Å²) in [5.74, 6) is 0. The largest absolute Gasteiger partial charge is 0.115 e. The van der Waals surface area contributed by atoms with E-state index in [4.69, 9.17) is 11.6 Å². The second kappa shape index (κ2) is 2.54. The SMILES string of the molecule is CC(C)=CC(C)(C)Cl. The monoisotopic (exact) mass is 132 g/mol. The topological polar surface area (TPSA) is 0 Å². The van der Waals surface area contributed by atoms with Crippen LogP contribution in [0.4, 0.5) is 0 Å². The third kappa shape index (κ3) is 6.03. The van der Waals surface area contributed by atoms with Gasteiger partial charge in [0.15, 0.2) is 0 Å². The Kier molecular flexibility index (Phi) is 2.55. The minimum atomic E-state index is -0.168. The average Bonchev–Trinajstić information content (AvgIpc) is 1.21. The lowest BCUT2D eigenvalue weighted by Gasteiger charge is -2.08. The zero-order valence-electron chi connectivity index (χ0n) is 5.96. The number of allylic oxidation sites excluding steroid dienone is 2. The van der Waals surface area contributed by atoms with Gasteiger partial charge in [0.05, 0.1) is 4.87 Å². The molecule has 1 heteroatoms. The number of hydrogen-bond donors (Lipinski definition) is 0. The molecule has 0 unspecified atom stereocenters. The molecule has 0 aromatic rings. The van der Waals surface area contributed by atoms with Crippen LogP contribution in [0.3, 0.4) is 0 Å². The van der Waals surface area contributed by atoms with Gasteiger partial charge < -0.3 is 0 Å². The van der Waals surface area contributed by atoms with Crippen molar-refractivity contribution in [2.45, 2.75) is 32.6 Å². The molecular formula is C7H13Cl. The molecule has 0 aromatic heterocycles. The highest BCUT2D eigenvalue weighted by molar-refractivity contribution is 6.24. The van der Waals surface area contributed by atoms with E-state index in [1.54, 1.807) is 0 Å². The molecule has 0 radical (unpaired) electrons. The van der Waals surface area contributed by atoms with Crippen LogP contribution in [0.25, 0.3) is 0 Å². The maximum absolute atomic E-state index is 5.85. The van der Waals surface area contributed by atoms with Gasteiger partial charge in [0, 0.05) is 0 Å². The smallest absolute Gasteiger partial charge is 0.0572 e. The number of halogens is 1. The van der Waals surface area contributed by atoms with E-state index in [9.17, 15) is 0 Å². The Balaban J connectivity index is 3.89. The van der Waals surface area contributed by atoms with Crippen molar-refractivity contribution in [1.82, 2.24) is 0 Å². The highest BCUT2D eigenvalue weighted by atomic mass is 35.5. The normalized spacial score (nSPS) is 11.1. The van der Waals surface area contributed by atoms with E-state index in [0.717, 1.165) is 0 Å². The summed E-state index contributed by atoms with van der Waals surface area (Å²) in [6.07, 6.45) is 2.04. The Bertz CT molecular complexity index is 91.4. The lowest BCUT2D eigenvalue weighted by atomic mass is 10.1. The van der Waals surface area contributed by atoms with Gasteiger partial charge in [0.2, 0.25) is 0 Å². The fourth-order valence-electron chi connectivity index (χ4n) is 0.686. The Morgan fingerprint density at radius 1 is 1.38 bits per heavy atom. The van der Waals surface area contributed by atoms with E-state index >= 15 is 0 Å². The maximum Gasteiger partial charge on any atom is 0.0572 e. The summed E-state index contributed by atoms with van der Waals surface area (Å²) in [7, 11) is 0. The fourth-order valence-corrected chi connectivity index (χ4v) is 0.905. The quantitative estimate of drug-likeness (QED) is 0.380. The van der Waals surface area contributed by atoms with Crippen LogP contribution < -0.4 is 0 Å². The summed E-state index contributed by atoms with van der Waals surface area (Å²) in [5.41, 5.74) is 1.27. The van der Waals surface area contributed by atoms with Gasteiger partial charge in [-0.1, -0.05) is 11.6 Å². The highest BCUT2D eigenvalue weighted by Crippen LogP contribution is 2.15. The molecular weight excluding hydrogens is 120 g/mol. The van der Waals surface area contributed by atoms with Crippen LogP contribution >= 0.6 is 11.6 Å². The average molecular weight is 133 g/mol. The van der Waals surface area contributed by atoms with Crippen molar-refractivity contribution < 1.29 is 0 Å². The summed E-state index contributed by atoms with van der Waals surface area (Å²) in [6, 6.07) is 0. The molecule has 0 nitrogen and oxygen atoms in total. The van der Waals surface area contributed by atoms with E-state index in [-0.39, 0.29) is 4.87 Å². The molecule has 0 amide bonds. The second-order valence-corrected chi connectivity index (χ2v) is 3.76. The van der Waals surface area contributed by atoms with Crippen LogP contribution in [0.15, 0.2) is 11.6 Å². The molecule has 0 bridgehead atoms. The zero-order valence-corrected chi connectivity index (χ0v) is 6.71. The van der Waals surface area contributed by atoms with Gasteiger partial charge in [-0.15, -0.1) is 11.6 Å². The summed E-state index contributed by atoms with van der Waals surface area (Å²) in [4.78, 5) is -0.168. The second-order valence-electron chi connectivity index (χ2n) is 2.79. The number of alkyl halides is 1. The molecule has 0 fully saturated rings. The Hall–Kier alpha value is 0.0300. The molecule has 0 heterocycles. The lowest BCUT2D eigenvalue weighted by Crippen LogP contribution is -2.04. The van der Waals surface area contributed by atoms with Gasteiger partial charge in [-0.2, -0.15) is 0 Å². The first-order valence-corrected chi connectivity index (χ1v) is 3.14. The molecule has 0 rings (SSSR count). The lowest BCUT2D eigenvalue weighted by molar-refractivity contribution is 0.871. The van der Waals surface area contributed by atoms with E-state index in [0.29, 0.717) is 0 Å².